The lowest BCUT2D eigenvalue weighted by Crippen LogP contribution is -2.32. The molecule has 3 heteroatoms. The minimum Gasteiger partial charge on any atom is -0.390 e. The Hall–Kier alpha value is -1.19. The molecule has 1 aromatic rings. The van der Waals surface area contributed by atoms with Crippen molar-refractivity contribution in [2.75, 3.05) is 19.6 Å². The Morgan fingerprint density at radius 1 is 1.26 bits per heavy atom. The largest absolute Gasteiger partial charge is 0.390 e. The summed E-state index contributed by atoms with van der Waals surface area (Å²) in [7, 11) is 0. The van der Waals surface area contributed by atoms with E-state index in [2.05, 4.69) is 4.90 Å². The molecule has 2 rings (SSSR count). The summed E-state index contributed by atoms with van der Waals surface area (Å²) >= 11 is 0. The van der Waals surface area contributed by atoms with Gasteiger partial charge in [0.05, 0.1) is 12.1 Å². The van der Waals surface area contributed by atoms with Crippen LogP contribution in [-0.4, -0.2) is 41.0 Å². The molecule has 0 spiro atoms. The number of benzene rings is 1. The first-order valence-electron chi connectivity index (χ1n) is 7.01. The molecule has 3 nitrogen and oxygen atoms in total. The lowest BCUT2D eigenvalue weighted by Gasteiger charge is -2.21. The molecule has 1 heterocycles. The third-order valence-corrected chi connectivity index (χ3v) is 3.90. The maximum Gasteiger partial charge on any atom is 0.176 e. The maximum absolute atomic E-state index is 12.2. The molecule has 0 amide bonds. The Morgan fingerprint density at radius 2 is 1.95 bits per heavy atom. The molecule has 19 heavy (non-hydrogen) atoms. The van der Waals surface area contributed by atoms with Gasteiger partial charge in [-0.3, -0.25) is 9.69 Å². The zero-order valence-corrected chi connectivity index (χ0v) is 11.9. The fourth-order valence-corrected chi connectivity index (χ4v) is 2.51. The van der Waals surface area contributed by atoms with Crippen LogP contribution in [0.2, 0.25) is 0 Å². The third-order valence-electron chi connectivity index (χ3n) is 3.90. The van der Waals surface area contributed by atoms with Gasteiger partial charge in [0.15, 0.2) is 5.78 Å². The fourth-order valence-electron chi connectivity index (χ4n) is 2.51. The van der Waals surface area contributed by atoms with E-state index in [9.17, 15) is 9.90 Å². The average molecular weight is 261 g/mol. The Labute approximate surface area is 115 Å². The van der Waals surface area contributed by atoms with E-state index in [1.807, 2.05) is 38.1 Å². The summed E-state index contributed by atoms with van der Waals surface area (Å²) in [4.78, 5) is 14.4. The molecule has 1 aromatic carbocycles. The Kier molecular flexibility index (Phi) is 4.38. The molecule has 0 radical (unpaired) electrons. The highest BCUT2D eigenvalue weighted by atomic mass is 16.3. The number of rotatable bonds is 3. The van der Waals surface area contributed by atoms with Crippen molar-refractivity contribution in [3.63, 3.8) is 0 Å². The van der Waals surface area contributed by atoms with Gasteiger partial charge in [0, 0.05) is 12.1 Å². The molecule has 1 aliphatic rings. The Balaban J connectivity index is 1.93. The smallest absolute Gasteiger partial charge is 0.176 e. The molecular formula is C16H23NO2. The molecule has 0 saturated carbocycles. The quantitative estimate of drug-likeness (QED) is 0.849. The molecule has 1 N–H and O–H groups in total. The van der Waals surface area contributed by atoms with Gasteiger partial charge in [-0.1, -0.05) is 29.8 Å². The first-order valence-corrected chi connectivity index (χ1v) is 7.01. The van der Waals surface area contributed by atoms with E-state index in [0.717, 1.165) is 37.9 Å². The second-order valence-electron chi connectivity index (χ2n) is 5.92. The van der Waals surface area contributed by atoms with Crippen molar-refractivity contribution in [1.82, 2.24) is 4.90 Å². The lowest BCUT2D eigenvalue weighted by atomic mass is 9.98. The van der Waals surface area contributed by atoms with Gasteiger partial charge in [0.1, 0.15) is 0 Å². The van der Waals surface area contributed by atoms with E-state index in [1.54, 1.807) is 0 Å². The standard InChI is InChI=1S/C16H23NO2/c1-13-4-6-14(7-5-13)15(18)12-17-10-3-8-16(2,19)9-11-17/h4-7,19H,3,8-12H2,1-2H3. The number of likely N-dealkylation sites (tertiary alicyclic amines) is 1. The van der Waals surface area contributed by atoms with Gasteiger partial charge in [0.2, 0.25) is 0 Å². The topological polar surface area (TPSA) is 40.5 Å². The second kappa shape index (κ2) is 5.85. The van der Waals surface area contributed by atoms with Crippen LogP contribution in [0.3, 0.4) is 0 Å². The summed E-state index contributed by atoms with van der Waals surface area (Å²) in [5, 5.41) is 10.0. The second-order valence-corrected chi connectivity index (χ2v) is 5.92. The first-order chi connectivity index (χ1) is 8.96. The summed E-state index contributed by atoms with van der Waals surface area (Å²) in [6.07, 6.45) is 2.52. The summed E-state index contributed by atoms with van der Waals surface area (Å²) in [6, 6.07) is 7.73. The summed E-state index contributed by atoms with van der Waals surface area (Å²) in [6.45, 7) is 6.06. The van der Waals surface area contributed by atoms with Crippen LogP contribution in [0.15, 0.2) is 24.3 Å². The van der Waals surface area contributed by atoms with Crippen molar-refractivity contribution in [3.8, 4) is 0 Å². The molecular weight excluding hydrogens is 238 g/mol. The van der Waals surface area contributed by atoms with Crippen LogP contribution in [-0.2, 0) is 0 Å². The number of hydrogen-bond donors (Lipinski definition) is 1. The number of nitrogens with zero attached hydrogens (tertiary/aromatic N) is 1. The molecule has 1 unspecified atom stereocenters. The minimum atomic E-state index is -0.568. The molecule has 1 saturated heterocycles. The summed E-state index contributed by atoms with van der Waals surface area (Å²) in [5.74, 6) is 0.168. The van der Waals surface area contributed by atoms with Gasteiger partial charge in [-0.05, 0) is 39.7 Å². The monoisotopic (exact) mass is 261 g/mol. The Morgan fingerprint density at radius 3 is 2.63 bits per heavy atom. The number of Topliss-reactive ketones (excluding diaryl/α,β-unsaturated/α-hetero) is 1. The van der Waals surface area contributed by atoms with Crippen LogP contribution < -0.4 is 0 Å². The zero-order valence-electron chi connectivity index (χ0n) is 11.9. The fraction of sp³-hybridized carbons (Fsp3) is 0.562. The van der Waals surface area contributed by atoms with Gasteiger partial charge in [-0.25, -0.2) is 0 Å². The molecule has 0 aromatic heterocycles. The maximum atomic E-state index is 12.2. The van der Waals surface area contributed by atoms with Gasteiger partial charge in [-0.15, -0.1) is 0 Å². The van der Waals surface area contributed by atoms with Crippen LogP contribution in [0.25, 0.3) is 0 Å². The third kappa shape index (κ3) is 4.15. The van der Waals surface area contributed by atoms with Crippen LogP contribution in [0, 0.1) is 6.92 Å². The van der Waals surface area contributed by atoms with Crippen LogP contribution in [0.4, 0.5) is 0 Å². The molecule has 0 aliphatic carbocycles. The minimum absolute atomic E-state index is 0.168. The van der Waals surface area contributed by atoms with Crippen LogP contribution in [0.5, 0.6) is 0 Å². The van der Waals surface area contributed by atoms with E-state index in [0.29, 0.717) is 6.54 Å². The number of ketones is 1. The number of aliphatic hydroxyl groups is 1. The predicted octanol–water partition coefficient (Wildman–Crippen LogP) is 2.41. The van der Waals surface area contributed by atoms with Crippen molar-refractivity contribution in [2.24, 2.45) is 0 Å². The van der Waals surface area contributed by atoms with E-state index in [-0.39, 0.29) is 5.78 Å². The number of aryl methyl sites for hydroxylation is 1. The number of hydrogen-bond acceptors (Lipinski definition) is 3. The SMILES string of the molecule is Cc1ccc(C(=O)CN2CCCC(C)(O)CC2)cc1. The highest BCUT2D eigenvalue weighted by Gasteiger charge is 2.25. The molecule has 1 fully saturated rings. The van der Waals surface area contributed by atoms with Crippen molar-refractivity contribution < 1.29 is 9.90 Å². The van der Waals surface area contributed by atoms with E-state index in [4.69, 9.17) is 0 Å². The molecule has 0 bridgehead atoms. The van der Waals surface area contributed by atoms with E-state index < -0.39 is 5.60 Å². The zero-order chi connectivity index (χ0) is 13.9. The van der Waals surface area contributed by atoms with Gasteiger partial charge >= 0.3 is 0 Å². The van der Waals surface area contributed by atoms with Crippen molar-refractivity contribution in [1.29, 1.82) is 0 Å². The highest BCUT2D eigenvalue weighted by molar-refractivity contribution is 5.97. The normalized spacial score (nSPS) is 25.0. The van der Waals surface area contributed by atoms with Gasteiger partial charge in [0.25, 0.3) is 0 Å². The van der Waals surface area contributed by atoms with Gasteiger partial charge in [-0.2, -0.15) is 0 Å². The van der Waals surface area contributed by atoms with Crippen molar-refractivity contribution in [3.05, 3.63) is 35.4 Å². The van der Waals surface area contributed by atoms with E-state index >= 15 is 0 Å². The number of carbonyl (C=O) groups is 1. The first kappa shape index (κ1) is 14.2. The predicted molar refractivity (Wildman–Crippen MR) is 76.4 cm³/mol. The van der Waals surface area contributed by atoms with Gasteiger partial charge < -0.3 is 5.11 Å². The van der Waals surface area contributed by atoms with Crippen LogP contribution in [0.1, 0.15) is 42.1 Å². The van der Waals surface area contributed by atoms with Crippen LogP contribution >= 0.6 is 0 Å². The molecule has 1 atom stereocenters. The molecule has 1 aliphatic heterocycles. The lowest BCUT2D eigenvalue weighted by molar-refractivity contribution is 0.0444. The number of carbonyl (C=O) groups excluding carboxylic acids is 1. The molecule has 104 valence electrons. The highest BCUT2D eigenvalue weighted by Crippen LogP contribution is 2.21. The Bertz CT molecular complexity index is 437. The van der Waals surface area contributed by atoms with Crippen molar-refractivity contribution in [2.45, 2.75) is 38.7 Å². The summed E-state index contributed by atoms with van der Waals surface area (Å²) in [5.41, 5.74) is 1.38. The average Bonchev–Trinajstić information content (AvgIpc) is 2.52. The van der Waals surface area contributed by atoms with E-state index in [1.165, 1.54) is 5.56 Å². The van der Waals surface area contributed by atoms with Crippen molar-refractivity contribution >= 4 is 5.78 Å². The summed E-state index contributed by atoms with van der Waals surface area (Å²) < 4.78 is 0.